The topological polar surface area (TPSA) is 115 Å². The average molecular weight is 489 g/mol. The second kappa shape index (κ2) is 9.84. The lowest BCUT2D eigenvalue weighted by molar-refractivity contribution is -0.0969. The summed E-state index contributed by atoms with van der Waals surface area (Å²) in [7, 11) is 1.32. The van der Waals surface area contributed by atoms with E-state index >= 15 is 0 Å². The molecule has 5 rings (SSSR count). The number of amides is 2. The molecule has 0 aromatic carbocycles. The van der Waals surface area contributed by atoms with E-state index in [-0.39, 0.29) is 29.9 Å². The molecular weight excluding hydrogens is 448 g/mol. The summed E-state index contributed by atoms with van der Waals surface area (Å²) in [5.74, 6) is 1.99. The molecule has 0 spiro atoms. The quantitative estimate of drug-likeness (QED) is 0.491. The summed E-state index contributed by atoms with van der Waals surface area (Å²) in [4.78, 5) is 25.1. The number of ether oxygens (including phenoxy) is 2. The third kappa shape index (κ3) is 5.50. The zero-order valence-electron chi connectivity index (χ0n) is 21.5. The molecule has 9 heteroatoms. The standard InChI is InChI=1S/C26H40N4O5/c1-16(2)14-35-23-20(13-27-30(23)7-6-25(3,4)29-24(33)34-5)22(32)28-21-18-8-17-9-19(21)12-26(10-17,11-18)15-31/h6-7,13,16-19,21,31H,8-12,14-15H2,1-5H3,(H,28,32)(H,29,33)/b7-6+. The van der Waals surface area contributed by atoms with E-state index in [4.69, 9.17) is 9.47 Å². The Morgan fingerprint density at radius 2 is 1.97 bits per heavy atom. The monoisotopic (exact) mass is 488 g/mol. The van der Waals surface area contributed by atoms with Crippen LogP contribution in [0.25, 0.3) is 6.20 Å². The number of aliphatic hydroxyl groups excluding tert-OH is 1. The smallest absolute Gasteiger partial charge is 0.407 e. The van der Waals surface area contributed by atoms with E-state index in [0.29, 0.717) is 35.8 Å². The van der Waals surface area contributed by atoms with Crippen LogP contribution in [0.15, 0.2) is 12.3 Å². The van der Waals surface area contributed by atoms with Gasteiger partial charge in [-0.05, 0) is 81.1 Å². The molecule has 1 heterocycles. The van der Waals surface area contributed by atoms with Gasteiger partial charge in [0.25, 0.3) is 5.91 Å². The molecule has 1 aromatic heterocycles. The SMILES string of the molecule is COC(=O)NC(C)(C)/C=C/n1ncc(C(=O)NC2C3CC4CC2CC(CO)(C4)C3)c1OCC(C)C. The van der Waals surface area contributed by atoms with E-state index in [1.54, 1.807) is 18.5 Å². The molecule has 194 valence electrons. The van der Waals surface area contributed by atoms with Crippen molar-refractivity contribution in [2.75, 3.05) is 20.3 Å². The third-order valence-corrected chi connectivity index (χ3v) is 7.82. The van der Waals surface area contributed by atoms with Crippen LogP contribution in [0.2, 0.25) is 0 Å². The van der Waals surface area contributed by atoms with Gasteiger partial charge < -0.3 is 25.2 Å². The van der Waals surface area contributed by atoms with Crippen molar-refractivity contribution in [3.63, 3.8) is 0 Å². The van der Waals surface area contributed by atoms with Crippen LogP contribution in [0, 0.1) is 29.1 Å². The van der Waals surface area contributed by atoms with Crippen molar-refractivity contribution in [3.8, 4) is 5.88 Å². The number of methoxy groups -OCH3 is 1. The number of nitrogens with one attached hydrogen (secondary N) is 2. The number of hydrogen-bond acceptors (Lipinski definition) is 6. The summed E-state index contributed by atoms with van der Waals surface area (Å²) in [5, 5.41) is 20.5. The van der Waals surface area contributed by atoms with Gasteiger partial charge in [0, 0.05) is 18.8 Å². The van der Waals surface area contributed by atoms with Gasteiger partial charge in [0.2, 0.25) is 5.88 Å². The Hall–Kier alpha value is -2.55. The number of carbonyl (C=O) groups is 2. The van der Waals surface area contributed by atoms with Crippen molar-refractivity contribution in [2.24, 2.45) is 29.1 Å². The summed E-state index contributed by atoms with van der Waals surface area (Å²) >= 11 is 0. The minimum absolute atomic E-state index is 0.0595. The Morgan fingerprint density at radius 1 is 1.29 bits per heavy atom. The first kappa shape index (κ1) is 25.5. The molecule has 35 heavy (non-hydrogen) atoms. The van der Waals surface area contributed by atoms with Gasteiger partial charge in [-0.1, -0.05) is 13.8 Å². The van der Waals surface area contributed by atoms with Gasteiger partial charge >= 0.3 is 6.09 Å². The number of aromatic nitrogens is 2. The molecule has 0 aliphatic heterocycles. The minimum atomic E-state index is -0.695. The number of aliphatic hydroxyl groups is 1. The van der Waals surface area contributed by atoms with Gasteiger partial charge in [0.15, 0.2) is 0 Å². The second-order valence-corrected chi connectivity index (χ2v) is 11.8. The second-order valence-electron chi connectivity index (χ2n) is 11.8. The molecule has 2 unspecified atom stereocenters. The largest absolute Gasteiger partial charge is 0.477 e. The molecule has 0 radical (unpaired) electrons. The van der Waals surface area contributed by atoms with Crippen LogP contribution in [0.5, 0.6) is 5.88 Å². The third-order valence-electron chi connectivity index (χ3n) is 7.82. The summed E-state index contributed by atoms with van der Waals surface area (Å²) in [6, 6.07) is 0.124. The molecule has 0 saturated heterocycles. The van der Waals surface area contributed by atoms with Gasteiger partial charge in [-0.2, -0.15) is 5.10 Å². The molecule has 4 saturated carbocycles. The van der Waals surface area contributed by atoms with Crippen molar-refractivity contribution >= 4 is 18.2 Å². The molecule has 9 nitrogen and oxygen atoms in total. The fourth-order valence-corrected chi connectivity index (χ4v) is 6.47. The first-order valence-corrected chi connectivity index (χ1v) is 12.7. The summed E-state index contributed by atoms with van der Waals surface area (Å²) < 4.78 is 12.3. The first-order chi connectivity index (χ1) is 16.5. The molecule has 1 aromatic rings. The van der Waals surface area contributed by atoms with E-state index in [9.17, 15) is 14.7 Å². The van der Waals surface area contributed by atoms with Crippen LogP contribution in [-0.2, 0) is 4.74 Å². The molecular formula is C26H40N4O5. The van der Waals surface area contributed by atoms with Gasteiger partial charge in [-0.25, -0.2) is 9.48 Å². The van der Waals surface area contributed by atoms with Crippen molar-refractivity contribution in [2.45, 2.75) is 71.4 Å². The zero-order chi connectivity index (χ0) is 25.4. The normalized spacial score (nSPS) is 29.6. The lowest BCUT2D eigenvalue weighted by Crippen LogP contribution is -2.60. The van der Waals surface area contributed by atoms with Crippen molar-refractivity contribution < 1.29 is 24.2 Å². The van der Waals surface area contributed by atoms with Crippen LogP contribution in [-0.4, -0.2) is 58.8 Å². The summed E-state index contributed by atoms with van der Waals surface area (Å²) in [5.41, 5.74) is -0.233. The van der Waals surface area contributed by atoms with Gasteiger partial charge in [-0.15, -0.1) is 0 Å². The highest BCUT2D eigenvalue weighted by molar-refractivity contribution is 5.96. The fourth-order valence-electron chi connectivity index (χ4n) is 6.47. The predicted molar refractivity (Wildman–Crippen MR) is 132 cm³/mol. The Bertz CT molecular complexity index is 953. The van der Waals surface area contributed by atoms with Crippen LogP contribution in [0.4, 0.5) is 4.79 Å². The summed E-state index contributed by atoms with van der Waals surface area (Å²) in [6.45, 7) is 8.45. The van der Waals surface area contributed by atoms with Gasteiger partial charge in [0.05, 0.1) is 25.5 Å². The van der Waals surface area contributed by atoms with Crippen LogP contribution >= 0.6 is 0 Å². The molecule has 4 bridgehead atoms. The number of alkyl carbamates (subject to hydrolysis) is 1. The zero-order valence-corrected chi connectivity index (χ0v) is 21.5. The fraction of sp³-hybridized carbons (Fsp3) is 0.731. The predicted octanol–water partition coefficient (Wildman–Crippen LogP) is 3.44. The number of nitrogens with zero attached hydrogens (tertiary/aromatic N) is 2. The van der Waals surface area contributed by atoms with E-state index < -0.39 is 11.6 Å². The molecule has 3 N–H and O–H groups in total. The average Bonchev–Trinajstić information content (AvgIpc) is 3.21. The van der Waals surface area contributed by atoms with Crippen LogP contribution < -0.4 is 15.4 Å². The maximum Gasteiger partial charge on any atom is 0.407 e. The Kier molecular flexibility index (Phi) is 7.18. The Balaban J connectivity index is 1.52. The van der Waals surface area contributed by atoms with E-state index in [1.165, 1.54) is 11.8 Å². The number of carbonyl (C=O) groups excluding carboxylic acids is 2. The Labute approximate surface area is 207 Å². The number of hydrogen-bond donors (Lipinski definition) is 3. The van der Waals surface area contributed by atoms with E-state index in [0.717, 1.165) is 32.1 Å². The highest BCUT2D eigenvalue weighted by atomic mass is 16.5. The molecule has 4 aliphatic carbocycles. The molecule has 2 amide bonds. The summed E-state index contributed by atoms with van der Waals surface area (Å²) in [6.07, 6.45) is 9.84. The van der Waals surface area contributed by atoms with Crippen LogP contribution in [0.1, 0.15) is 70.2 Å². The van der Waals surface area contributed by atoms with E-state index in [2.05, 4.69) is 15.7 Å². The maximum absolute atomic E-state index is 13.5. The van der Waals surface area contributed by atoms with Crippen molar-refractivity contribution in [1.82, 2.24) is 20.4 Å². The van der Waals surface area contributed by atoms with Crippen LogP contribution in [0.3, 0.4) is 0 Å². The van der Waals surface area contributed by atoms with Gasteiger partial charge in [-0.3, -0.25) is 4.79 Å². The van der Waals surface area contributed by atoms with Crippen molar-refractivity contribution in [3.05, 3.63) is 17.8 Å². The molecule has 4 aliphatic rings. The highest BCUT2D eigenvalue weighted by Gasteiger charge is 2.55. The highest BCUT2D eigenvalue weighted by Crippen LogP contribution is 2.59. The first-order valence-electron chi connectivity index (χ1n) is 12.7. The Morgan fingerprint density at radius 3 is 2.57 bits per heavy atom. The molecule has 2 atom stereocenters. The van der Waals surface area contributed by atoms with E-state index in [1.807, 2.05) is 27.7 Å². The van der Waals surface area contributed by atoms with Crippen molar-refractivity contribution in [1.29, 1.82) is 0 Å². The minimum Gasteiger partial charge on any atom is -0.477 e. The lowest BCUT2D eigenvalue weighted by atomic mass is 9.48. The maximum atomic E-state index is 13.5. The lowest BCUT2D eigenvalue weighted by Gasteiger charge is -2.59. The van der Waals surface area contributed by atoms with Gasteiger partial charge in [0.1, 0.15) is 5.56 Å². The molecule has 4 fully saturated rings. The number of rotatable bonds is 9.